The molecule has 2 rings (SSSR count). The van der Waals surface area contributed by atoms with Gasteiger partial charge in [0, 0.05) is 12.7 Å². The monoisotopic (exact) mass is 282 g/mol. The maximum absolute atomic E-state index is 12.7. The third-order valence-electron chi connectivity index (χ3n) is 2.30. The topological polar surface area (TPSA) is 79.8 Å². The number of aromatic nitrogens is 3. The molecule has 2 N–H and O–H groups in total. The molecule has 0 bridgehead atoms. The highest BCUT2D eigenvalue weighted by Crippen LogP contribution is 2.13. The highest BCUT2D eigenvalue weighted by Gasteiger charge is 2.08. The fourth-order valence-electron chi connectivity index (χ4n) is 1.32. The molecule has 0 aliphatic rings. The Morgan fingerprint density at radius 3 is 2.74 bits per heavy atom. The summed E-state index contributed by atoms with van der Waals surface area (Å²) in [5.41, 5.74) is 0.185. The maximum Gasteiger partial charge on any atom is 0.343 e. The molecule has 2 aromatic rings. The minimum absolute atomic E-state index is 0.107. The van der Waals surface area contributed by atoms with Crippen LogP contribution < -0.4 is 11.0 Å². The van der Waals surface area contributed by atoms with Crippen molar-refractivity contribution >= 4 is 23.4 Å². The molecule has 0 atom stereocenters. The van der Waals surface area contributed by atoms with Crippen LogP contribution in [-0.2, 0) is 11.8 Å². The molecule has 19 heavy (non-hydrogen) atoms. The lowest BCUT2D eigenvalue weighted by Crippen LogP contribution is -2.16. The summed E-state index contributed by atoms with van der Waals surface area (Å²) < 4.78 is 14.0. The zero-order chi connectivity index (χ0) is 13.8. The van der Waals surface area contributed by atoms with E-state index in [2.05, 4.69) is 15.5 Å². The number of nitrogens with one attached hydrogen (secondary N) is 2. The average molecular weight is 282 g/mol. The molecule has 8 heteroatoms. The second-order valence-corrected chi connectivity index (χ2v) is 4.66. The zero-order valence-corrected chi connectivity index (χ0v) is 10.8. The SMILES string of the molecule is Cn1c(SCC(=O)Nc2ccc(F)cc2)n[nH]c1=O. The van der Waals surface area contributed by atoms with Gasteiger partial charge in [0.1, 0.15) is 5.82 Å². The van der Waals surface area contributed by atoms with Gasteiger partial charge >= 0.3 is 5.69 Å². The molecular weight excluding hydrogens is 271 g/mol. The first kappa shape index (κ1) is 13.3. The standard InChI is InChI=1S/C11H11FN4O2S/c1-16-10(18)14-15-11(16)19-6-9(17)13-8-4-2-7(12)3-5-8/h2-5H,6H2,1H3,(H,13,17)(H,14,18). The van der Waals surface area contributed by atoms with E-state index in [1.807, 2.05) is 0 Å². The van der Waals surface area contributed by atoms with Gasteiger partial charge in [-0.05, 0) is 24.3 Å². The molecule has 1 aromatic heterocycles. The van der Waals surface area contributed by atoms with E-state index in [1.54, 1.807) is 7.05 Å². The van der Waals surface area contributed by atoms with E-state index in [4.69, 9.17) is 0 Å². The number of amides is 1. The molecule has 0 unspecified atom stereocenters. The van der Waals surface area contributed by atoms with Crippen molar-refractivity contribution in [3.05, 3.63) is 40.6 Å². The zero-order valence-electron chi connectivity index (χ0n) is 10.0. The number of benzene rings is 1. The molecule has 0 radical (unpaired) electrons. The van der Waals surface area contributed by atoms with Crippen molar-refractivity contribution in [3.63, 3.8) is 0 Å². The van der Waals surface area contributed by atoms with Crippen LogP contribution in [0.2, 0.25) is 0 Å². The minimum Gasteiger partial charge on any atom is -0.325 e. The van der Waals surface area contributed by atoms with Crippen molar-refractivity contribution in [1.82, 2.24) is 14.8 Å². The van der Waals surface area contributed by atoms with Gasteiger partial charge in [-0.15, -0.1) is 5.10 Å². The molecule has 0 fully saturated rings. The van der Waals surface area contributed by atoms with Crippen LogP contribution in [0.3, 0.4) is 0 Å². The molecule has 1 amide bonds. The Hall–Kier alpha value is -2.09. The van der Waals surface area contributed by atoms with Crippen molar-refractivity contribution in [1.29, 1.82) is 0 Å². The predicted octanol–water partition coefficient (Wildman–Crippen LogP) is 0.978. The van der Waals surface area contributed by atoms with E-state index < -0.39 is 0 Å². The predicted molar refractivity (Wildman–Crippen MR) is 69.6 cm³/mol. The fourth-order valence-corrected chi connectivity index (χ4v) is 2.04. The number of hydrogen-bond donors (Lipinski definition) is 2. The second-order valence-electron chi connectivity index (χ2n) is 3.71. The number of halogens is 1. The molecule has 1 aromatic carbocycles. The van der Waals surface area contributed by atoms with Gasteiger partial charge in [-0.1, -0.05) is 11.8 Å². The van der Waals surface area contributed by atoms with Gasteiger partial charge in [0.2, 0.25) is 5.91 Å². The van der Waals surface area contributed by atoms with Gasteiger partial charge in [-0.2, -0.15) is 0 Å². The van der Waals surface area contributed by atoms with Crippen LogP contribution in [-0.4, -0.2) is 26.4 Å². The van der Waals surface area contributed by atoms with Crippen molar-refractivity contribution < 1.29 is 9.18 Å². The molecule has 0 aliphatic carbocycles. The second kappa shape index (κ2) is 5.70. The molecule has 100 valence electrons. The Bertz CT molecular complexity index is 635. The van der Waals surface area contributed by atoms with Crippen LogP contribution in [0.25, 0.3) is 0 Å². The van der Waals surface area contributed by atoms with Gasteiger partial charge in [0.05, 0.1) is 5.75 Å². The first-order valence-corrected chi connectivity index (χ1v) is 6.34. The lowest BCUT2D eigenvalue weighted by molar-refractivity contribution is -0.113. The Kier molecular flexibility index (Phi) is 4.00. The fraction of sp³-hybridized carbons (Fsp3) is 0.182. The number of nitrogens with zero attached hydrogens (tertiary/aromatic N) is 2. The van der Waals surface area contributed by atoms with E-state index >= 15 is 0 Å². The summed E-state index contributed by atoms with van der Waals surface area (Å²) in [4.78, 5) is 22.7. The molecule has 0 spiro atoms. The van der Waals surface area contributed by atoms with Gasteiger partial charge in [0.15, 0.2) is 5.16 Å². The van der Waals surface area contributed by atoms with Crippen molar-refractivity contribution in [2.45, 2.75) is 5.16 Å². The quantitative estimate of drug-likeness (QED) is 0.819. The van der Waals surface area contributed by atoms with Gasteiger partial charge in [0.25, 0.3) is 0 Å². The number of thioether (sulfide) groups is 1. The average Bonchev–Trinajstić information content (AvgIpc) is 2.70. The first-order valence-electron chi connectivity index (χ1n) is 5.36. The molecule has 0 aliphatic heterocycles. The van der Waals surface area contributed by atoms with Crippen LogP contribution in [0.4, 0.5) is 10.1 Å². The van der Waals surface area contributed by atoms with Gasteiger partial charge < -0.3 is 5.32 Å². The number of carbonyl (C=O) groups is 1. The van der Waals surface area contributed by atoms with Crippen molar-refractivity contribution in [3.8, 4) is 0 Å². The Balaban J connectivity index is 1.90. The number of hydrogen-bond acceptors (Lipinski definition) is 4. The van der Waals surface area contributed by atoms with Gasteiger partial charge in [-0.3, -0.25) is 9.36 Å². The van der Waals surface area contributed by atoms with Crippen LogP contribution in [0.15, 0.2) is 34.2 Å². The summed E-state index contributed by atoms with van der Waals surface area (Å²) in [6, 6.07) is 5.48. The Labute approximate surface area is 112 Å². The number of anilines is 1. The van der Waals surface area contributed by atoms with Crippen LogP contribution >= 0.6 is 11.8 Å². The molecular formula is C11H11FN4O2S. The van der Waals surface area contributed by atoms with Gasteiger partial charge in [-0.25, -0.2) is 14.3 Å². The van der Waals surface area contributed by atoms with E-state index in [9.17, 15) is 14.0 Å². The highest BCUT2D eigenvalue weighted by molar-refractivity contribution is 7.99. The number of aromatic amines is 1. The summed E-state index contributed by atoms with van der Waals surface area (Å²) in [6.45, 7) is 0. The summed E-state index contributed by atoms with van der Waals surface area (Å²) in [5.74, 6) is -0.513. The van der Waals surface area contributed by atoms with E-state index in [1.165, 1.54) is 28.8 Å². The Morgan fingerprint density at radius 2 is 2.16 bits per heavy atom. The van der Waals surface area contributed by atoms with Crippen LogP contribution in [0.1, 0.15) is 0 Å². The summed E-state index contributed by atoms with van der Waals surface area (Å²) >= 11 is 1.13. The lowest BCUT2D eigenvalue weighted by atomic mass is 10.3. The molecule has 0 saturated carbocycles. The third kappa shape index (κ3) is 3.44. The number of H-pyrrole nitrogens is 1. The number of rotatable bonds is 4. The number of carbonyl (C=O) groups excluding carboxylic acids is 1. The summed E-state index contributed by atoms with van der Waals surface area (Å²) in [5, 5.41) is 9.09. The molecule has 1 heterocycles. The van der Waals surface area contributed by atoms with E-state index in [0.29, 0.717) is 10.8 Å². The largest absolute Gasteiger partial charge is 0.343 e. The molecule has 6 nitrogen and oxygen atoms in total. The van der Waals surface area contributed by atoms with E-state index in [0.717, 1.165) is 11.8 Å². The molecule has 0 saturated heterocycles. The maximum atomic E-state index is 12.7. The lowest BCUT2D eigenvalue weighted by Gasteiger charge is -2.04. The smallest absolute Gasteiger partial charge is 0.325 e. The van der Waals surface area contributed by atoms with Crippen molar-refractivity contribution in [2.24, 2.45) is 7.05 Å². The Morgan fingerprint density at radius 1 is 1.47 bits per heavy atom. The highest BCUT2D eigenvalue weighted by atomic mass is 32.2. The van der Waals surface area contributed by atoms with Crippen LogP contribution in [0, 0.1) is 5.82 Å². The van der Waals surface area contributed by atoms with Crippen molar-refractivity contribution in [2.75, 3.05) is 11.1 Å². The van der Waals surface area contributed by atoms with E-state index in [-0.39, 0.29) is 23.2 Å². The summed E-state index contributed by atoms with van der Waals surface area (Å²) in [6.07, 6.45) is 0. The minimum atomic E-state index is -0.362. The normalized spacial score (nSPS) is 10.4. The third-order valence-corrected chi connectivity index (χ3v) is 3.33. The summed E-state index contributed by atoms with van der Waals surface area (Å²) in [7, 11) is 1.56. The first-order chi connectivity index (χ1) is 9.06. The van der Waals surface area contributed by atoms with Crippen LogP contribution in [0.5, 0.6) is 0 Å².